The maximum absolute atomic E-state index is 12.5. The molecular weight excluding hydrogens is 338 g/mol. The van der Waals surface area contributed by atoms with E-state index in [0.717, 1.165) is 19.6 Å². The van der Waals surface area contributed by atoms with E-state index in [1.807, 2.05) is 0 Å². The summed E-state index contributed by atoms with van der Waals surface area (Å²) in [5.74, 6) is 0.205. The smallest absolute Gasteiger partial charge is 0.272 e. The number of nitrogens with one attached hydrogen (secondary N) is 2. The summed E-state index contributed by atoms with van der Waals surface area (Å²) < 4.78 is 5.72. The van der Waals surface area contributed by atoms with Crippen molar-refractivity contribution in [2.75, 3.05) is 32.8 Å². The molecule has 1 atom stereocenters. The number of carbonyl (C=O) groups is 1. The Balaban J connectivity index is 1.64. The molecule has 140 valence electrons. The van der Waals surface area contributed by atoms with Crippen LogP contribution in [-0.4, -0.2) is 64.8 Å². The molecule has 1 amide bonds. The van der Waals surface area contributed by atoms with Crippen molar-refractivity contribution in [1.82, 2.24) is 20.4 Å². The Hall–Kier alpha value is -2.52. The lowest BCUT2D eigenvalue weighted by Gasteiger charge is -2.33. The molecule has 3 rings (SSSR count). The molecule has 2 N–H and O–H groups in total. The monoisotopic (exact) mass is 361 g/mol. The first-order chi connectivity index (χ1) is 12.4. The Morgan fingerprint density at radius 2 is 2.35 bits per heavy atom. The maximum Gasteiger partial charge on any atom is 0.272 e. The average Bonchev–Trinajstić information content (AvgIpc) is 3.02. The van der Waals surface area contributed by atoms with E-state index in [9.17, 15) is 14.9 Å². The van der Waals surface area contributed by atoms with Gasteiger partial charge in [-0.05, 0) is 12.0 Å². The normalized spacial score (nSPS) is 18.3. The van der Waals surface area contributed by atoms with Crippen LogP contribution in [-0.2, 0) is 4.74 Å². The number of ether oxygens (including phenoxy) is 1. The molecule has 0 spiro atoms. The van der Waals surface area contributed by atoms with Crippen LogP contribution in [0.3, 0.4) is 0 Å². The lowest BCUT2D eigenvalue weighted by Crippen LogP contribution is -2.48. The van der Waals surface area contributed by atoms with Crippen LogP contribution >= 0.6 is 0 Å². The largest absolute Gasteiger partial charge is 0.374 e. The van der Waals surface area contributed by atoms with Crippen molar-refractivity contribution in [3.8, 4) is 0 Å². The predicted molar refractivity (Wildman–Crippen MR) is 96.1 cm³/mol. The highest BCUT2D eigenvalue weighted by atomic mass is 16.6. The van der Waals surface area contributed by atoms with Gasteiger partial charge in [-0.2, -0.15) is 5.10 Å². The number of nitrogens with zero attached hydrogens (tertiary/aromatic N) is 3. The molecule has 0 bridgehead atoms. The minimum absolute atomic E-state index is 0.0760. The van der Waals surface area contributed by atoms with Gasteiger partial charge in [-0.3, -0.25) is 24.9 Å². The molecule has 1 saturated heterocycles. The molecule has 0 saturated carbocycles. The first-order valence-electron chi connectivity index (χ1n) is 8.68. The van der Waals surface area contributed by atoms with E-state index in [2.05, 4.69) is 34.3 Å². The Labute approximate surface area is 150 Å². The van der Waals surface area contributed by atoms with E-state index < -0.39 is 4.92 Å². The number of H-pyrrole nitrogens is 1. The minimum atomic E-state index is -0.493. The van der Waals surface area contributed by atoms with Crippen LogP contribution in [0.5, 0.6) is 0 Å². The van der Waals surface area contributed by atoms with Crippen LogP contribution in [0.2, 0.25) is 0 Å². The molecule has 9 nitrogen and oxygen atoms in total. The van der Waals surface area contributed by atoms with Crippen LogP contribution < -0.4 is 5.32 Å². The summed E-state index contributed by atoms with van der Waals surface area (Å²) in [6.07, 6.45) is -0.0778. The number of amides is 1. The molecular formula is C17H23N5O4. The molecule has 0 radical (unpaired) electrons. The number of nitro groups is 1. The number of nitro benzene ring substituents is 1. The topological polar surface area (TPSA) is 113 Å². The van der Waals surface area contributed by atoms with Crippen molar-refractivity contribution in [3.05, 3.63) is 34.0 Å². The lowest BCUT2D eigenvalue weighted by atomic mass is 10.1. The van der Waals surface area contributed by atoms with Gasteiger partial charge in [-0.1, -0.05) is 13.8 Å². The second-order valence-corrected chi connectivity index (χ2v) is 6.92. The van der Waals surface area contributed by atoms with Gasteiger partial charge in [-0.25, -0.2) is 0 Å². The standard InChI is InChI=1S/C17H23N5O4/c1-11(2)9-21-5-6-26-13(10-21)8-18-17(23)16-14-7-12(22(24)25)3-4-15(14)19-20-16/h3-4,7,11,13H,5-6,8-10H2,1-2H3,(H,18,23)(H,19,20). The highest BCUT2D eigenvalue weighted by molar-refractivity contribution is 6.05. The zero-order valence-electron chi connectivity index (χ0n) is 14.9. The Morgan fingerprint density at radius 1 is 1.54 bits per heavy atom. The summed E-state index contributed by atoms with van der Waals surface area (Å²) in [6.45, 7) is 8.03. The van der Waals surface area contributed by atoms with Gasteiger partial charge in [0.25, 0.3) is 11.6 Å². The van der Waals surface area contributed by atoms with Crippen LogP contribution in [0.25, 0.3) is 10.9 Å². The number of hydrogen-bond acceptors (Lipinski definition) is 6. The molecule has 1 unspecified atom stereocenters. The van der Waals surface area contributed by atoms with Crippen LogP contribution in [0, 0.1) is 16.0 Å². The van der Waals surface area contributed by atoms with E-state index in [4.69, 9.17) is 4.74 Å². The quantitative estimate of drug-likeness (QED) is 0.596. The third-order valence-corrected chi connectivity index (χ3v) is 4.31. The van der Waals surface area contributed by atoms with Crippen molar-refractivity contribution in [2.45, 2.75) is 20.0 Å². The summed E-state index contributed by atoms with van der Waals surface area (Å²) >= 11 is 0. The average molecular weight is 361 g/mol. The van der Waals surface area contributed by atoms with Crippen LogP contribution in [0.4, 0.5) is 5.69 Å². The molecule has 1 aliphatic rings. The summed E-state index contributed by atoms with van der Waals surface area (Å²) in [4.78, 5) is 25.2. The van der Waals surface area contributed by atoms with E-state index >= 15 is 0 Å². The van der Waals surface area contributed by atoms with Crippen molar-refractivity contribution in [2.24, 2.45) is 5.92 Å². The van der Waals surface area contributed by atoms with Gasteiger partial charge in [-0.15, -0.1) is 0 Å². The highest BCUT2D eigenvalue weighted by Crippen LogP contribution is 2.22. The van der Waals surface area contributed by atoms with Gasteiger partial charge in [0.1, 0.15) is 0 Å². The number of aromatic nitrogens is 2. The Morgan fingerprint density at radius 3 is 3.08 bits per heavy atom. The summed E-state index contributed by atoms with van der Waals surface area (Å²) in [7, 11) is 0. The second-order valence-electron chi connectivity index (χ2n) is 6.92. The van der Waals surface area contributed by atoms with Gasteiger partial charge in [0, 0.05) is 43.7 Å². The number of aromatic amines is 1. The van der Waals surface area contributed by atoms with Crippen molar-refractivity contribution in [1.29, 1.82) is 0 Å². The van der Waals surface area contributed by atoms with Crippen LogP contribution in [0.15, 0.2) is 18.2 Å². The second kappa shape index (κ2) is 7.79. The zero-order valence-corrected chi connectivity index (χ0v) is 14.9. The number of carbonyl (C=O) groups excluding carboxylic acids is 1. The van der Waals surface area contributed by atoms with E-state index in [0.29, 0.717) is 30.0 Å². The number of morpholine rings is 1. The van der Waals surface area contributed by atoms with Gasteiger partial charge < -0.3 is 10.1 Å². The van der Waals surface area contributed by atoms with Crippen molar-refractivity contribution >= 4 is 22.5 Å². The minimum Gasteiger partial charge on any atom is -0.374 e. The van der Waals surface area contributed by atoms with Crippen LogP contribution in [0.1, 0.15) is 24.3 Å². The number of hydrogen-bond donors (Lipinski definition) is 2. The van der Waals surface area contributed by atoms with Gasteiger partial charge in [0.2, 0.25) is 0 Å². The summed E-state index contributed by atoms with van der Waals surface area (Å²) in [5.41, 5.74) is 0.657. The molecule has 1 aromatic heterocycles. The van der Waals surface area contributed by atoms with Crippen molar-refractivity contribution < 1.29 is 14.5 Å². The first-order valence-corrected chi connectivity index (χ1v) is 8.68. The molecule has 1 aliphatic heterocycles. The fourth-order valence-electron chi connectivity index (χ4n) is 3.17. The SMILES string of the molecule is CC(C)CN1CCOC(CNC(=O)c2n[nH]c3ccc([N+](=O)[O-])cc23)C1. The summed E-state index contributed by atoms with van der Waals surface area (Å²) in [5, 5.41) is 20.9. The van der Waals surface area contributed by atoms with Gasteiger partial charge >= 0.3 is 0 Å². The molecule has 1 aromatic carbocycles. The lowest BCUT2D eigenvalue weighted by molar-refractivity contribution is -0.384. The Bertz CT molecular complexity index is 804. The van der Waals surface area contributed by atoms with E-state index in [-0.39, 0.29) is 23.4 Å². The predicted octanol–water partition coefficient (Wildman–Crippen LogP) is 1.56. The van der Waals surface area contributed by atoms with E-state index in [1.54, 1.807) is 6.07 Å². The number of non-ortho nitro benzene ring substituents is 1. The molecule has 2 aromatic rings. The molecule has 26 heavy (non-hydrogen) atoms. The third-order valence-electron chi connectivity index (χ3n) is 4.31. The fourth-order valence-corrected chi connectivity index (χ4v) is 3.17. The molecule has 9 heteroatoms. The van der Waals surface area contributed by atoms with Gasteiger partial charge in [0.05, 0.1) is 23.2 Å². The van der Waals surface area contributed by atoms with Gasteiger partial charge in [0.15, 0.2) is 5.69 Å². The molecule has 0 aliphatic carbocycles. The number of fused-ring (bicyclic) bond motifs is 1. The van der Waals surface area contributed by atoms with Crippen molar-refractivity contribution in [3.63, 3.8) is 0 Å². The first kappa shape index (κ1) is 18.3. The maximum atomic E-state index is 12.5. The number of benzene rings is 1. The third kappa shape index (κ3) is 4.17. The zero-order chi connectivity index (χ0) is 18.7. The fraction of sp³-hybridized carbons (Fsp3) is 0.529. The molecule has 2 heterocycles. The highest BCUT2D eigenvalue weighted by Gasteiger charge is 2.23. The Kier molecular flexibility index (Phi) is 5.48. The summed E-state index contributed by atoms with van der Waals surface area (Å²) in [6, 6.07) is 4.28. The number of rotatable bonds is 6. The molecule has 1 fully saturated rings. The van der Waals surface area contributed by atoms with E-state index in [1.165, 1.54) is 12.1 Å².